The van der Waals surface area contributed by atoms with E-state index in [0.29, 0.717) is 65.9 Å². The fraction of sp³-hybridized carbons (Fsp3) is 0.360. The summed E-state index contributed by atoms with van der Waals surface area (Å²) in [5.41, 5.74) is 2.63. The highest BCUT2D eigenvalue weighted by Gasteiger charge is 2.38. The lowest BCUT2D eigenvalue weighted by atomic mass is 10.0. The Morgan fingerprint density at radius 2 is 2.05 bits per heavy atom. The summed E-state index contributed by atoms with van der Waals surface area (Å²) in [6, 6.07) is 8.81. The predicted octanol–water partition coefficient (Wildman–Crippen LogP) is 2.25. The van der Waals surface area contributed by atoms with Crippen molar-refractivity contribution in [2.45, 2.75) is 12.1 Å². The van der Waals surface area contributed by atoms with Crippen LogP contribution in [0.25, 0.3) is 11.0 Å². The van der Waals surface area contributed by atoms with E-state index in [0.717, 1.165) is 0 Å². The Labute approximate surface area is 211 Å². The lowest BCUT2D eigenvalue weighted by molar-refractivity contribution is -0.118. The van der Waals surface area contributed by atoms with Crippen LogP contribution in [0.3, 0.4) is 0 Å². The summed E-state index contributed by atoms with van der Waals surface area (Å²) in [4.78, 5) is 38.4. The molecule has 3 aromatic rings. The number of ether oxygens (including phenoxy) is 3. The third-order valence-corrected chi connectivity index (χ3v) is 6.90. The molecule has 2 fully saturated rings. The number of anilines is 3. The molecule has 192 valence electrons. The van der Waals surface area contributed by atoms with Gasteiger partial charge in [-0.1, -0.05) is 0 Å². The summed E-state index contributed by atoms with van der Waals surface area (Å²) in [5.74, 6) is 0.296. The first kappa shape index (κ1) is 23.2. The predicted molar refractivity (Wildman–Crippen MR) is 133 cm³/mol. The molecule has 3 aliphatic rings. The molecule has 2 amide bonds. The number of fused-ring (bicyclic) bond motifs is 2. The Morgan fingerprint density at radius 3 is 2.86 bits per heavy atom. The smallest absolute Gasteiger partial charge is 0.414 e. The molecule has 37 heavy (non-hydrogen) atoms. The number of cyclic esters (lactones) is 1. The monoisotopic (exact) mass is 508 g/mol. The van der Waals surface area contributed by atoms with E-state index >= 15 is 0 Å². The number of carbonyl (C=O) groups excluding carboxylic acids is 2. The molecule has 0 aliphatic carbocycles. The Bertz CT molecular complexity index is 1400. The van der Waals surface area contributed by atoms with Crippen LogP contribution in [-0.4, -0.2) is 86.0 Å². The maximum Gasteiger partial charge on any atom is 0.414 e. The highest BCUT2D eigenvalue weighted by atomic mass is 19.1. The molecule has 2 saturated heterocycles. The number of aromatic nitrogens is 2. The third-order valence-electron chi connectivity index (χ3n) is 6.90. The van der Waals surface area contributed by atoms with Gasteiger partial charge in [-0.05, 0) is 31.3 Å². The topological polar surface area (TPSA) is 109 Å². The number of pyridine rings is 2. The van der Waals surface area contributed by atoms with Crippen LogP contribution >= 0.6 is 0 Å². The minimum atomic E-state index is -0.443. The van der Waals surface area contributed by atoms with Gasteiger partial charge < -0.3 is 24.4 Å². The Morgan fingerprint density at radius 1 is 1.22 bits per heavy atom. The summed E-state index contributed by atoms with van der Waals surface area (Å²) in [6.45, 7) is 2.07. The zero-order valence-corrected chi connectivity index (χ0v) is 20.3. The minimum absolute atomic E-state index is 0.0279. The number of hydrogen-bond donors (Lipinski definition) is 1. The molecule has 0 saturated carbocycles. The second-order valence-corrected chi connectivity index (χ2v) is 9.31. The number of amides is 2. The summed E-state index contributed by atoms with van der Waals surface area (Å²) in [6.07, 6.45) is 0.438. The maximum absolute atomic E-state index is 14.8. The highest BCUT2D eigenvalue weighted by molar-refractivity contribution is 5.97. The standard InChI is InChI=1S/C25H25FN6O5/c1-30(15-9-31(10-15)24-17(26)8-27-18-4-6-22(35-2)29-23(18)24)11-16-12-32(25(34)37-16)14-3-5-20-19(7-14)28-21(33)13-36-20/h3-8,15-16H,9-13H2,1-2H3,(H,28,33). The summed E-state index contributed by atoms with van der Waals surface area (Å²) >= 11 is 0. The molecule has 5 heterocycles. The molecule has 12 heteroatoms. The number of methoxy groups -OCH3 is 1. The first-order chi connectivity index (χ1) is 17.9. The van der Waals surface area contributed by atoms with Gasteiger partial charge in [0, 0.05) is 37.4 Å². The van der Waals surface area contributed by atoms with Gasteiger partial charge in [-0.3, -0.25) is 19.6 Å². The summed E-state index contributed by atoms with van der Waals surface area (Å²) in [7, 11) is 3.48. The fourth-order valence-electron chi connectivity index (χ4n) is 4.88. The molecule has 6 rings (SSSR count). The molecule has 0 spiro atoms. The third kappa shape index (κ3) is 4.22. The Balaban J connectivity index is 1.10. The quantitative estimate of drug-likeness (QED) is 0.536. The molecule has 0 radical (unpaired) electrons. The van der Waals surface area contributed by atoms with E-state index in [1.807, 2.05) is 11.9 Å². The van der Waals surface area contributed by atoms with Gasteiger partial charge in [0.05, 0.1) is 31.1 Å². The highest BCUT2D eigenvalue weighted by Crippen LogP contribution is 2.35. The van der Waals surface area contributed by atoms with Crippen molar-refractivity contribution in [3.63, 3.8) is 0 Å². The normalized spacial score (nSPS) is 19.4. The van der Waals surface area contributed by atoms with Gasteiger partial charge in [0.2, 0.25) is 5.88 Å². The van der Waals surface area contributed by atoms with Crippen LogP contribution in [0.5, 0.6) is 11.6 Å². The molecule has 0 bridgehead atoms. The number of hydrogen-bond acceptors (Lipinski definition) is 9. The van der Waals surface area contributed by atoms with Gasteiger partial charge in [0.15, 0.2) is 12.4 Å². The van der Waals surface area contributed by atoms with Crippen LogP contribution < -0.4 is 24.6 Å². The van der Waals surface area contributed by atoms with Gasteiger partial charge in [-0.2, -0.15) is 0 Å². The van der Waals surface area contributed by atoms with E-state index < -0.39 is 11.9 Å². The molecule has 1 N–H and O–H groups in total. The van der Waals surface area contributed by atoms with Crippen LogP contribution in [0.1, 0.15) is 0 Å². The van der Waals surface area contributed by atoms with E-state index in [-0.39, 0.29) is 24.7 Å². The number of halogens is 1. The van der Waals surface area contributed by atoms with Crippen molar-refractivity contribution >= 4 is 40.1 Å². The number of likely N-dealkylation sites (N-methyl/N-ethyl adjacent to an activating group) is 1. The van der Waals surface area contributed by atoms with E-state index in [4.69, 9.17) is 14.2 Å². The van der Waals surface area contributed by atoms with E-state index in [9.17, 15) is 14.0 Å². The number of rotatable bonds is 6. The average molecular weight is 509 g/mol. The van der Waals surface area contributed by atoms with Crippen LogP contribution in [0.15, 0.2) is 36.5 Å². The molecule has 1 unspecified atom stereocenters. The van der Waals surface area contributed by atoms with Crippen LogP contribution in [-0.2, 0) is 9.53 Å². The van der Waals surface area contributed by atoms with Crippen LogP contribution in [0.2, 0.25) is 0 Å². The molecule has 3 aliphatic heterocycles. The van der Waals surface area contributed by atoms with Gasteiger partial charge in [0.1, 0.15) is 23.1 Å². The summed E-state index contributed by atoms with van der Waals surface area (Å²) in [5, 5.41) is 2.75. The lowest BCUT2D eigenvalue weighted by Crippen LogP contribution is -2.60. The van der Waals surface area contributed by atoms with Gasteiger partial charge in [0.25, 0.3) is 5.91 Å². The molecule has 2 aromatic heterocycles. The maximum atomic E-state index is 14.8. The van der Waals surface area contributed by atoms with Crippen molar-refractivity contribution in [2.75, 3.05) is 62.1 Å². The number of nitrogens with zero attached hydrogens (tertiary/aromatic N) is 5. The molecule has 11 nitrogen and oxygen atoms in total. The first-order valence-electron chi connectivity index (χ1n) is 11.9. The van der Waals surface area contributed by atoms with Gasteiger partial charge >= 0.3 is 6.09 Å². The van der Waals surface area contributed by atoms with Crippen LogP contribution in [0.4, 0.5) is 26.2 Å². The van der Waals surface area contributed by atoms with Gasteiger partial charge in [-0.25, -0.2) is 14.2 Å². The SMILES string of the molecule is COc1ccc2ncc(F)c(N3CC(N(C)CC4CN(c5ccc6c(c5)NC(=O)CO6)C(=O)O4)C3)c2n1. The fourth-order valence-corrected chi connectivity index (χ4v) is 4.88. The number of benzene rings is 1. The average Bonchev–Trinajstić information content (AvgIpc) is 3.23. The van der Waals surface area contributed by atoms with Gasteiger partial charge in [-0.15, -0.1) is 0 Å². The molecular formula is C25H25FN6O5. The zero-order valence-electron chi connectivity index (χ0n) is 20.3. The van der Waals surface area contributed by atoms with E-state index in [2.05, 4.69) is 20.2 Å². The molecule has 1 atom stereocenters. The van der Waals surface area contributed by atoms with E-state index in [1.54, 1.807) is 35.2 Å². The second kappa shape index (κ2) is 9.04. The van der Waals surface area contributed by atoms with Crippen molar-refractivity contribution in [2.24, 2.45) is 0 Å². The van der Waals surface area contributed by atoms with E-state index in [1.165, 1.54) is 13.3 Å². The number of carbonyl (C=O) groups is 2. The Hall–Kier alpha value is -4.19. The van der Waals surface area contributed by atoms with Crippen molar-refractivity contribution in [3.8, 4) is 11.6 Å². The molecular weight excluding hydrogens is 483 g/mol. The summed E-state index contributed by atoms with van der Waals surface area (Å²) < 4.78 is 31.0. The van der Waals surface area contributed by atoms with Crippen molar-refractivity contribution in [1.82, 2.24) is 14.9 Å². The van der Waals surface area contributed by atoms with Crippen molar-refractivity contribution in [1.29, 1.82) is 0 Å². The first-order valence-corrected chi connectivity index (χ1v) is 11.9. The number of nitrogens with one attached hydrogen (secondary N) is 1. The van der Waals surface area contributed by atoms with Crippen molar-refractivity contribution < 1.29 is 28.2 Å². The van der Waals surface area contributed by atoms with Crippen LogP contribution in [0, 0.1) is 5.82 Å². The Kier molecular flexibility index (Phi) is 5.67. The zero-order chi connectivity index (χ0) is 25.7. The molecule has 1 aromatic carbocycles. The lowest BCUT2D eigenvalue weighted by Gasteiger charge is -2.45. The van der Waals surface area contributed by atoms with Crippen molar-refractivity contribution in [3.05, 3.63) is 42.3 Å². The minimum Gasteiger partial charge on any atom is -0.482 e. The second-order valence-electron chi connectivity index (χ2n) is 9.31. The largest absolute Gasteiger partial charge is 0.482 e.